The van der Waals surface area contributed by atoms with E-state index in [0.717, 1.165) is 12.1 Å². The van der Waals surface area contributed by atoms with E-state index in [-0.39, 0.29) is 17.1 Å². The van der Waals surface area contributed by atoms with E-state index >= 15 is 0 Å². The van der Waals surface area contributed by atoms with E-state index in [1.807, 2.05) is 24.3 Å². The van der Waals surface area contributed by atoms with Gasteiger partial charge < -0.3 is 4.90 Å². The SMILES string of the molecule is CC(C)(C)c1ccc(N2CCCC(=O)C2=O)cc1. The standard InChI is InChI=1S/C15H19NO2/c1-15(2,3)11-6-8-12(9-7-11)16-10-4-5-13(17)14(16)18/h6-9H,4-5,10H2,1-3H3. The minimum atomic E-state index is -0.371. The van der Waals surface area contributed by atoms with Gasteiger partial charge in [0.2, 0.25) is 5.78 Å². The maximum absolute atomic E-state index is 11.8. The van der Waals surface area contributed by atoms with Crippen LogP contribution in [0.4, 0.5) is 5.69 Å². The van der Waals surface area contributed by atoms with Crippen LogP contribution in [0.3, 0.4) is 0 Å². The third-order valence-corrected chi connectivity index (χ3v) is 3.31. The zero-order chi connectivity index (χ0) is 13.3. The second-order valence-corrected chi connectivity index (χ2v) is 5.78. The van der Waals surface area contributed by atoms with Gasteiger partial charge in [0.05, 0.1) is 0 Å². The molecule has 0 spiro atoms. The molecule has 0 aromatic heterocycles. The topological polar surface area (TPSA) is 37.4 Å². The summed E-state index contributed by atoms with van der Waals surface area (Å²) in [6.45, 7) is 7.09. The molecule has 1 aromatic carbocycles. The van der Waals surface area contributed by atoms with Crippen LogP contribution in [0.15, 0.2) is 24.3 Å². The Balaban J connectivity index is 2.24. The fourth-order valence-electron chi connectivity index (χ4n) is 2.14. The quantitative estimate of drug-likeness (QED) is 0.713. The second-order valence-electron chi connectivity index (χ2n) is 5.78. The van der Waals surface area contributed by atoms with Gasteiger partial charge in [0.25, 0.3) is 5.91 Å². The van der Waals surface area contributed by atoms with E-state index in [4.69, 9.17) is 0 Å². The molecule has 96 valence electrons. The minimum absolute atomic E-state index is 0.0975. The summed E-state index contributed by atoms with van der Waals surface area (Å²) in [6, 6.07) is 7.91. The number of ketones is 1. The zero-order valence-electron chi connectivity index (χ0n) is 11.2. The van der Waals surface area contributed by atoms with Crippen molar-refractivity contribution in [3.8, 4) is 0 Å². The lowest BCUT2D eigenvalue weighted by Crippen LogP contribution is -2.41. The molecule has 0 bridgehead atoms. The lowest BCUT2D eigenvalue weighted by molar-refractivity contribution is -0.137. The number of anilines is 1. The summed E-state index contributed by atoms with van der Waals surface area (Å²) < 4.78 is 0. The van der Waals surface area contributed by atoms with E-state index in [0.29, 0.717) is 13.0 Å². The van der Waals surface area contributed by atoms with E-state index in [1.165, 1.54) is 5.56 Å². The Morgan fingerprint density at radius 3 is 2.22 bits per heavy atom. The van der Waals surface area contributed by atoms with Crippen LogP contribution < -0.4 is 4.90 Å². The molecule has 0 unspecified atom stereocenters. The Kier molecular flexibility index (Phi) is 3.24. The Morgan fingerprint density at radius 1 is 1.06 bits per heavy atom. The highest BCUT2D eigenvalue weighted by atomic mass is 16.2. The molecule has 1 amide bonds. The number of Topliss-reactive ketones (excluding diaryl/α,β-unsaturated/α-hetero) is 1. The van der Waals surface area contributed by atoms with E-state index in [9.17, 15) is 9.59 Å². The van der Waals surface area contributed by atoms with Crippen LogP contribution in [0.2, 0.25) is 0 Å². The molecule has 0 aliphatic carbocycles. The molecule has 0 saturated carbocycles. The molecule has 18 heavy (non-hydrogen) atoms. The number of nitrogens with zero attached hydrogens (tertiary/aromatic N) is 1. The van der Waals surface area contributed by atoms with Crippen LogP contribution in [0.25, 0.3) is 0 Å². The van der Waals surface area contributed by atoms with Crippen molar-refractivity contribution >= 4 is 17.4 Å². The number of piperidine rings is 1. The molecular weight excluding hydrogens is 226 g/mol. The summed E-state index contributed by atoms with van der Waals surface area (Å²) in [6.07, 6.45) is 1.14. The van der Waals surface area contributed by atoms with Crippen LogP contribution in [0, 0.1) is 0 Å². The maximum atomic E-state index is 11.8. The summed E-state index contributed by atoms with van der Waals surface area (Å²) in [5.74, 6) is -0.647. The first-order chi connectivity index (χ1) is 8.39. The third-order valence-electron chi connectivity index (χ3n) is 3.31. The Hall–Kier alpha value is -1.64. The lowest BCUT2D eigenvalue weighted by atomic mass is 9.87. The first-order valence-electron chi connectivity index (χ1n) is 6.35. The summed E-state index contributed by atoms with van der Waals surface area (Å²) in [5, 5.41) is 0. The molecular formula is C15H19NO2. The summed E-state index contributed by atoms with van der Waals surface area (Å²) in [7, 11) is 0. The number of hydrogen-bond acceptors (Lipinski definition) is 2. The molecule has 0 N–H and O–H groups in total. The van der Waals surface area contributed by atoms with Gasteiger partial charge in [-0.3, -0.25) is 9.59 Å². The van der Waals surface area contributed by atoms with E-state index in [1.54, 1.807) is 4.90 Å². The van der Waals surface area contributed by atoms with E-state index < -0.39 is 0 Å². The van der Waals surface area contributed by atoms with Crippen LogP contribution >= 0.6 is 0 Å². The molecule has 1 saturated heterocycles. The Labute approximate surface area is 108 Å². The molecule has 0 atom stereocenters. The summed E-state index contributed by atoms with van der Waals surface area (Å²) >= 11 is 0. The monoisotopic (exact) mass is 245 g/mol. The van der Waals surface area contributed by atoms with Gasteiger partial charge in [-0.25, -0.2) is 0 Å². The number of carbonyl (C=O) groups is 2. The highest BCUT2D eigenvalue weighted by Crippen LogP contribution is 2.26. The van der Waals surface area contributed by atoms with Crippen molar-refractivity contribution < 1.29 is 9.59 Å². The maximum Gasteiger partial charge on any atom is 0.294 e. The Morgan fingerprint density at radius 2 is 1.67 bits per heavy atom. The predicted molar refractivity (Wildman–Crippen MR) is 71.7 cm³/mol. The van der Waals surface area contributed by atoms with Crippen molar-refractivity contribution in [2.75, 3.05) is 11.4 Å². The average Bonchev–Trinajstić information content (AvgIpc) is 2.32. The fraction of sp³-hybridized carbons (Fsp3) is 0.467. The molecule has 0 radical (unpaired) electrons. The first kappa shape index (κ1) is 12.8. The van der Waals surface area contributed by atoms with Gasteiger partial charge >= 0.3 is 0 Å². The smallest absolute Gasteiger partial charge is 0.294 e. The van der Waals surface area contributed by atoms with E-state index in [2.05, 4.69) is 20.8 Å². The highest BCUT2D eigenvalue weighted by molar-refractivity contribution is 6.41. The van der Waals surface area contributed by atoms with Crippen LogP contribution in [-0.2, 0) is 15.0 Å². The number of hydrogen-bond donors (Lipinski definition) is 0. The lowest BCUT2D eigenvalue weighted by Gasteiger charge is -2.27. The molecule has 1 aliphatic heterocycles. The molecule has 1 fully saturated rings. The Bertz CT molecular complexity index is 468. The molecule has 2 rings (SSSR count). The largest absolute Gasteiger partial charge is 0.306 e. The van der Waals surface area contributed by atoms with Crippen molar-refractivity contribution in [2.24, 2.45) is 0 Å². The predicted octanol–water partition coefficient (Wildman–Crippen LogP) is 2.68. The first-order valence-corrected chi connectivity index (χ1v) is 6.35. The minimum Gasteiger partial charge on any atom is -0.306 e. The van der Waals surface area contributed by atoms with Gasteiger partial charge in [-0.05, 0) is 29.5 Å². The van der Waals surface area contributed by atoms with Gasteiger partial charge in [-0.1, -0.05) is 32.9 Å². The van der Waals surface area contributed by atoms with Crippen LogP contribution in [0.5, 0.6) is 0 Å². The third kappa shape index (κ3) is 2.45. The van der Waals surface area contributed by atoms with Crippen LogP contribution in [-0.4, -0.2) is 18.2 Å². The molecule has 1 aromatic rings. The highest BCUT2D eigenvalue weighted by Gasteiger charge is 2.27. The zero-order valence-corrected chi connectivity index (χ0v) is 11.2. The fourth-order valence-corrected chi connectivity index (χ4v) is 2.14. The average molecular weight is 245 g/mol. The number of amides is 1. The van der Waals surface area contributed by atoms with Gasteiger partial charge in [0.1, 0.15) is 0 Å². The normalized spacial score (nSPS) is 17.2. The van der Waals surface area contributed by atoms with Crippen molar-refractivity contribution in [3.63, 3.8) is 0 Å². The van der Waals surface area contributed by atoms with Crippen molar-refractivity contribution in [3.05, 3.63) is 29.8 Å². The van der Waals surface area contributed by atoms with Gasteiger partial charge in [-0.2, -0.15) is 0 Å². The molecule has 1 aliphatic rings. The number of carbonyl (C=O) groups excluding carboxylic acids is 2. The van der Waals surface area contributed by atoms with Crippen molar-refractivity contribution in [2.45, 2.75) is 39.0 Å². The molecule has 1 heterocycles. The second kappa shape index (κ2) is 4.56. The van der Waals surface area contributed by atoms with Crippen molar-refractivity contribution in [1.29, 1.82) is 0 Å². The number of rotatable bonds is 1. The molecule has 3 heteroatoms. The van der Waals surface area contributed by atoms with Gasteiger partial charge in [0.15, 0.2) is 0 Å². The molecule has 3 nitrogen and oxygen atoms in total. The van der Waals surface area contributed by atoms with Crippen LogP contribution in [0.1, 0.15) is 39.2 Å². The van der Waals surface area contributed by atoms with Crippen molar-refractivity contribution in [1.82, 2.24) is 0 Å². The summed E-state index contributed by atoms with van der Waals surface area (Å²) in [5.41, 5.74) is 2.14. The van der Waals surface area contributed by atoms with Gasteiger partial charge in [0, 0.05) is 18.7 Å². The number of benzene rings is 1. The van der Waals surface area contributed by atoms with Gasteiger partial charge in [-0.15, -0.1) is 0 Å². The summed E-state index contributed by atoms with van der Waals surface area (Å²) in [4.78, 5) is 24.8.